The van der Waals surface area contributed by atoms with Crippen LogP contribution in [0.1, 0.15) is 31.9 Å². The molecule has 142 valence electrons. The molecule has 1 N–H and O–H groups in total. The first-order valence-corrected chi connectivity index (χ1v) is 9.17. The molecular formula is C21H23ClN2O3. The molecule has 0 aliphatic carbocycles. The normalized spacial score (nSPS) is 13.8. The summed E-state index contributed by atoms with van der Waals surface area (Å²) in [5.41, 5.74) is 3.10. The van der Waals surface area contributed by atoms with Gasteiger partial charge in [0, 0.05) is 10.7 Å². The molecule has 0 radical (unpaired) electrons. The van der Waals surface area contributed by atoms with E-state index in [2.05, 4.69) is 26.1 Å². The number of hydrogen-bond donors (Lipinski definition) is 1. The average Bonchev–Trinajstić information content (AvgIpc) is 2.60. The van der Waals surface area contributed by atoms with Crippen molar-refractivity contribution in [2.45, 2.75) is 33.1 Å². The SMILES string of the molecule is Cc1c(Cl)cccc1NC(=O)CN1C(=O)COc2cc(C(C)(C)C)ccc21. The third kappa shape index (κ3) is 4.08. The van der Waals surface area contributed by atoms with Gasteiger partial charge in [0.25, 0.3) is 5.91 Å². The number of amides is 2. The highest BCUT2D eigenvalue weighted by Gasteiger charge is 2.29. The second-order valence-corrected chi connectivity index (χ2v) is 8.07. The van der Waals surface area contributed by atoms with E-state index in [0.717, 1.165) is 11.1 Å². The molecule has 5 nitrogen and oxygen atoms in total. The Bertz CT molecular complexity index is 903. The molecule has 1 aliphatic heterocycles. The van der Waals surface area contributed by atoms with E-state index in [-0.39, 0.29) is 30.4 Å². The number of carbonyl (C=O) groups excluding carboxylic acids is 2. The van der Waals surface area contributed by atoms with Gasteiger partial charge in [0.15, 0.2) is 6.61 Å². The van der Waals surface area contributed by atoms with Crippen molar-refractivity contribution in [1.29, 1.82) is 0 Å². The van der Waals surface area contributed by atoms with E-state index in [0.29, 0.717) is 22.1 Å². The molecule has 0 atom stereocenters. The van der Waals surface area contributed by atoms with Crippen LogP contribution in [-0.2, 0) is 15.0 Å². The van der Waals surface area contributed by atoms with Crippen molar-refractivity contribution in [3.05, 3.63) is 52.5 Å². The minimum atomic E-state index is -0.290. The van der Waals surface area contributed by atoms with E-state index < -0.39 is 0 Å². The maximum absolute atomic E-state index is 12.5. The predicted molar refractivity (Wildman–Crippen MR) is 108 cm³/mol. The van der Waals surface area contributed by atoms with Crippen LogP contribution in [0.25, 0.3) is 0 Å². The van der Waals surface area contributed by atoms with Crippen LogP contribution in [0, 0.1) is 6.92 Å². The van der Waals surface area contributed by atoms with Gasteiger partial charge in [-0.2, -0.15) is 0 Å². The average molecular weight is 387 g/mol. The zero-order valence-corrected chi connectivity index (χ0v) is 16.7. The zero-order valence-electron chi connectivity index (χ0n) is 15.9. The largest absolute Gasteiger partial charge is 0.482 e. The molecule has 0 unspecified atom stereocenters. The first-order valence-electron chi connectivity index (χ1n) is 8.79. The highest BCUT2D eigenvalue weighted by atomic mass is 35.5. The monoisotopic (exact) mass is 386 g/mol. The lowest BCUT2D eigenvalue weighted by atomic mass is 9.86. The maximum atomic E-state index is 12.5. The summed E-state index contributed by atoms with van der Waals surface area (Å²) in [5, 5.41) is 3.41. The third-order valence-corrected chi connectivity index (χ3v) is 5.02. The minimum Gasteiger partial charge on any atom is -0.482 e. The van der Waals surface area contributed by atoms with Gasteiger partial charge in [0.05, 0.1) is 5.69 Å². The number of nitrogens with one attached hydrogen (secondary N) is 1. The number of benzene rings is 2. The topological polar surface area (TPSA) is 58.6 Å². The Morgan fingerprint density at radius 3 is 2.70 bits per heavy atom. The number of nitrogens with zero attached hydrogens (tertiary/aromatic N) is 1. The van der Waals surface area contributed by atoms with Gasteiger partial charge >= 0.3 is 0 Å². The fraction of sp³-hybridized carbons (Fsp3) is 0.333. The fourth-order valence-electron chi connectivity index (χ4n) is 2.92. The van der Waals surface area contributed by atoms with Crippen molar-refractivity contribution in [3.63, 3.8) is 0 Å². The first kappa shape index (κ1) is 19.2. The number of rotatable bonds is 3. The summed E-state index contributed by atoms with van der Waals surface area (Å²) >= 11 is 6.10. The van der Waals surface area contributed by atoms with E-state index >= 15 is 0 Å². The summed E-state index contributed by atoms with van der Waals surface area (Å²) in [7, 11) is 0. The Hall–Kier alpha value is -2.53. The van der Waals surface area contributed by atoms with Crippen LogP contribution in [0.15, 0.2) is 36.4 Å². The van der Waals surface area contributed by atoms with E-state index in [1.807, 2.05) is 25.1 Å². The molecular weight excluding hydrogens is 364 g/mol. The van der Waals surface area contributed by atoms with Crippen LogP contribution in [0.4, 0.5) is 11.4 Å². The van der Waals surface area contributed by atoms with E-state index in [9.17, 15) is 9.59 Å². The Balaban J connectivity index is 1.82. The fourth-order valence-corrected chi connectivity index (χ4v) is 3.10. The Morgan fingerprint density at radius 2 is 2.00 bits per heavy atom. The lowest BCUT2D eigenvalue weighted by molar-refractivity contribution is -0.123. The van der Waals surface area contributed by atoms with Crippen LogP contribution < -0.4 is 15.0 Å². The van der Waals surface area contributed by atoms with Crippen molar-refractivity contribution in [2.75, 3.05) is 23.4 Å². The minimum absolute atomic E-state index is 0.0356. The van der Waals surface area contributed by atoms with Gasteiger partial charge in [0.1, 0.15) is 12.3 Å². The number of anilines is 2. The maximum Gasteiger partial charge on any atom is 0.265 e. The van der Waals surface area contributed by atoms with E-state index in [1.165, 1.54) is 4.90 Å². The van der Waals surface area contributed by atoms with Gasteiger partial charge in [-0.15, -0.1) is 0 Å². The van der Waals surface area contributed by atoms with Crippen molar-refractivity contribution in [2.24, 2.45) is 0 Å². The lowest BCUT2D eigenvalue weighted by Gasteiger charge is -2.30. The van der Waals surface area contributed by atoms with Gasteiger partial charge in [0.2, 0.25) is 5.91 Å². The molecule has 2 amide bonds. The van der Waals surface area contributed by atoms with Gasteiger partial charge < -0.3 is 10.1 Å². The number of halogens is 1. The molecule has 0 bridgehead atoms. The second-order valence-electron chi connectivity index (χ2n) is 7.66. The summed E-state index contributed by atoms with van der Waals surface area (Å²) in [6.07, 6.45) is 0. The second kappa shape index (κ2) is 7.24. The molecule has 0 aromatic heterocycles. The molecule has 0 spiro atoms. The van der Waals surface area contributed by atoms with Crippen LogP contribution >= 0.6 is 11.6 Å². The molecule has 1 heterocycles. The van der Waals surface area contributed by atoms with E-state index in [4.69, 9.17) is 16.3 Å². The van der Waals surface area contributed by atoms with E-state index in [1.54, 1.807) is 18.2 Å². The van der Waals surface area contributed by atoms with Crippen LogP contribution in [0.3, 0.4) is 0 Å². The van der Waals surface area contributed by atoms with Crippen LogP contribution in [0.5, 0.6) is 5.75 Å². The van der Waals surface area contributed by atoms with Crippen molar-refractivity contribution in [1.82, 2.24) is 0 Å². The quantitative estimate of drug-likeness (QED) is 0.855. The number of hydrogen-bond acceptors (Lipinski definition) is 3. The number of carbonyl (C=O) groups is 2. The van der Waals surface area contributed by atoms with Gasteiger partial charge in [-0.3, -0.25) is 14.5 Å². The molecule has 2 aromatic rings. The van der Waals surface area contributed by atoms with Crippen LogP contribution in [0.2, 0.25) is 5.02 Å². The molecule has 27 heavy (non-hydrogen) atoms. The van der Waals surface area contributed by atoms with Gasteiger partial charge in [-0.05, 0) is 47.7 Å². The smallest absolute Gasteiger partial charge is 0.265 e. The summed E-state index contributed by atoms with van der Waals surface area (Å²) in [6, 6.07) is 11.1. The third-order valence-electron chi connectivity index (χ3n) is 4.61. The summed E-state index contributed by atoms with van der Waals surface area (Å²) in [5.74, 6) is 0.0826. The lowest BCUT2D eigenvalue weighted by Crippen LogP contribution is -2.43. The zero-order chi connectivity index (χ0) is 19.8. The van der Waals surface area contributed by atoms with Crippen molar-refractivity contribution in [3.8, 4) is 5.75 Å². The highest BCUT2D eigenvalue weighted by molar-refractivity contribution is 6.31. The number of ether oxygens (including phenoxy) is 1. The first-order chi connectivity index (χ1) is 12.7. The van der Waals surface area contributed by atoms with Crippen molar-refractivity contribution < 1.29 is 14.3 Å². The van der Waals surface area contributed by atoms with Crippen molar-refractivity contribution >= 4 is 34.8 Å². The van der Waals surface area contributed by atoms with Gasteiger partial charge in [-0.1, -0.05) is 44.5 Å². The molecule has 3 rings (SSSR count). The molecule has 6 heteroatoms. The highest BCUT2D eigenvalue weighted by Crippen LogP contribution is 2.36. The summed E-state index contributed by atoms with van der Waals surface area (Å²) in [6.45, 7) is 8.00. The standard InChI is InChI=1S/C21H23ClN2O3/c1-13-15(22)6-5-7-16(13)23-19(25)11-24-17-9-8-14(21(2,3)4)10-18(17)27-12-20(24)26/h5-10H,11-12H2,1-4H3,(H,23,25). The summed E-state index contributed by atoms with van der Waals surface area (Å²) < 4.78 is 5.60. The predicted octanol–water partition coefficient (Wildman–Crippen LogP) is 4.31. The Morgan fingerprint density at radius 1 is 1.26 bits per heavy atom. The molecule has 0 fully saturated rings. The molecule has 0 saturated heterocycles. The number of fused-ring (bicyclic) bond motifs is 1. The Kier molecular flexibility index (Phi) is 5.16. The summed E-state index contributed by atoms with van der Waals surface area (Å²) in [4.78, 5) is 26.3. The molecule has 1 aliphatic rings. The van der Waals surface area contributed by atoms with Crippen LogP contribution in [-0.4, -0.2) is 25.0 Å². The van der Waals surface area contributed by atoms with Gasteiger partial charge in [-0.25, -0.2) is 0 Å². The Labute approximate surface area is 164 Å². The molecule has 2 aromatic carbocycles. The molecule has 0 saturated carbocycles.